The largest absolute Gasteiger partial charge is 0.458 e. The van der Waals surface area contributed by atoms with Crippen LogP contribution in [0.1, 0.15) is 74.1 Å². The molecule has 0 radical (unpaired) electrons. The third-order valence-electron chi connectivity index (χ3n) is 11.2. The molecule has 0 unspecified atom stereocenters. The third-order valence-corrected chi connectivity index (χ3v) is 12.3. The van der Waals surface area contributed by atoms with Crippen LogP contribution < -0.4 is 5.32 Å². The number of cyclic esters (lactones) is 1. The number of rotatable bonds is 8. The summed E-state index contributed by atoms with van der Waals surface area (Å²) in [5, 5.41) is 13.2. The Hall–Kier alpha value is -3.36. The quantitative estimate of drug-likeness (QED) is 0.149. The second-order valence-corrected chi connectivity index (χ2v) is 15.8. The Balaban J connectivity index is 1.32. The van der Waals surface area contributed by atoms with E-state index in [1.165, 1.54) is 0 Å². The first-order valence-corrected chi connectivity index (χ1v) is 18.8. The molecule has 0 aliphatic carbocycles. The van der Waals surface area contributed by atoms with E-state index >= 15 is 0 Å². The summed E-state index contributed by atoms with van der Waals surface area (Å²) in [7, 11) is 3.70. The molecule has 9 atom stereocenters. The number of hydrogen-bond donors (Lipinski definition) is 1. The number of nitrogens with one attached hydrogen (secondary N) is 1. The molecular weight excluding hydrogens is 655 g/mol. The Morgan fingerprint density at radius 3 is 2.52 bits per heavy atom. The number of fused-ring (bicyclic) bond motifs is 2. The van der Waals surface area contributed by atoms with Gasteiger partial charge in [-0.3, -0.25) is 19.2 Å². The van der Waals surface area contributed by atoms with Gasteiger partial charge in [0, 0.05) is 32.2 Å². The van der Waals surface area contributed by atoms with Crippen LogP contribution in [0.4, 0.5) is 4.79 Å². The van der Waals surface area contributed by atoms with Gasteiger partial charge in [0.05, 0.1) is 28.1 Å². The fourth-order valence-electron chi connectivity index (χ4n) is 7.88. The smallest absolute Gasteiger partial charge is 0.410 e. The molecular formula is C36H53BN6O6S. The molecule has 12 nitrogen and oxygen atoms in total. The highest BCUT2D eigenvalue weighted by Gasteiger charge is 2.58. The summed E-state index contributed by atoms with van der Waals surface area (Å²) >= 11 is 1.59. The average Bonchev–Trinajstić information content (AvgIpc) is 3.81. The fourth-order valence-corrected chi connectivity index (χ4v) is 8.79. The van der Waals surface area contributed by atoms with Crippen molar-refractivity contribution in [1.29, 1.82) is 0 Å². The Bertz CT molecular complexity index is 1640. The number of Topliss-reactive ketones (excluding diaryl/α,β-unsaturated/α-hetero) is 1. The van der Waals surface area contributed by atoms with Crippen LogP contribution in [-0.4, -0.2) is 100 Å². The number of aryl methyl sites for hydroxylation is 1. The maximum Gasteiger partial charge on any atom is 0.410 e. The lowest BCUT2D eigenvalue weighted by molar-refractivity contribution is -0.170. The Morgan fingerprint density at radius 2 is 1.82 bits per heavy atom. The standard InChI is InChI=1S/C36H53BN6O6S/c1-9-28-36(7)31(24(5)38-19-21(2)18-35(6,47-8)30(37)22(3)29(44)23(4)33(45)48-28)43(34(46)49-36)17-13-12-16-42-20-26(40-41-42)32-39-25-14-10-11-15-27(25)50-32/h10-11,14-15,20-24,28,30-31,38H,9,12-13,16-19,37H2,1-8H3/t21-,22+,23-,24-,28-,30-,31-,35-,36-/m1/s1. The van der Waals surface area contributed by atoms with Gasteiger partial charge < -0.3 is 19.5 Å². The van der Waals surface area contributed by atoms with Crippen molar-refractivity contribution in [2.45, 2.75) is 116 Å². The van der Waals surface area contributed by atoms with Crippen molar-refractivity contribution >= 4 is 47.2 Å². The van der Waals surface area contributed by atoms with E-state index in [4.69, 9.17) is 19.2 Å². The number of aromatic nitrogens is 4. The van der Waals surface area contributed by atoms with Crippen molar-refractivity contribution in [3.05, 3.63) is 30.5 Å². The van der Waals surface area contributed by atoms with Gasteiger partial charge in [0.1, 0.15) is 36.4 Å². The number of amides is 1. The number of esters is 1. The monoisotopic (exact) mass is 708 g/mol. The Kier molecular flexibility index (Phi) is 11.7. The van der Waals surface area contributed by atoms with Crippen molar-refractivity contribution in [2.75, 3.05) is 20.2 Å². The molecule has 1 aromatic carbocycles. The Morgan fingerprint density at radius 1 is 1.10 bits per heavy atom. The van der Waals surface area contributed by atoms with Gasteiger partial charge in [-0.25, -0.2) is 9.78 Å². The van der Waals surface area contributed by atoms with E-state index in [0.717, 1.165) is 27.3 Å². The molecule has 0 spiro atoms. The SMILES string of the molecule is B[C@@H]1[C@@H](C)C(=O)[C@@H](C)C(=O)O[C@H](CC)[C@@]2(C)OC(=O)N(CCCCn3cc(-c4nc5ccccc5s4)nn3)[C@@H]2[C@@H](C)NC[C@H](C)C[C@@]1(C)OC. The molecule has 1 amide bonds. The first-order chi connectivity index (χ1) is 23.7. The van der Waals surface area contributed by atoms with Crippen LogP contribution in [0.25, 0.3) is 20.9 Å². The predicted octanol–water partition coefficient (Wildman–Crippen LogP) is 4.92. The zero-order valence-electron chi connectivity index (χ0n) is 31.0. The molecule has 272 valence electrons. The molecule has 5 rings (SSSR count). The van der Waals surface area contributed by atoms with Crippen molar-refractivity contribution in [3.8, 4) is 10.7 Å². The number of para-hydroxylation sites is 1. The number of hydrogen-bond acceptors (Lipinski definition) is 11. The van der Waals surface area contributed by atoms with Gasteiger partial charge in [0.25, 0.3) is 0 Å². The lowest BCUT2D eigenvalue weighted by atomic mass is 9.62. The van der Waals surface area contributed by atoms with Gasteiger partial charge in [-0.15, -0.1) is 16.4 Å². The van der Waals surface area contributed by atoms with Crippen molar-refractivity contribution in [1.82, 2.24) is 30.2 Å². The van der Waals surface area contributed by atoms with Gasteiger partial charge in [-0.2, -0.15) is 0 Å². The highest BCUT2D eigenvalue weighted by molar-refractivity contribution is 7.21. The number of carbonyl (C=O) groups excluding carboxylic acids is 3. The van der Waals surface area contributed by atoms with Crippen LogP contribution in [0.2, 0.25) is 5.82 Å². The van der Waals surface area contributed by atoms with Crippen LogP contribution >= 0.6 is 11.3 Å². The molecule has 2 saturated heterocycles. The normalized spacial score (nSPS) is 33.1. The lowest BCUT2D eigenvalue weighted by Gasteiger charge is -2.41. The molecule has 4 heterocycles. The molecule has 0 saturated carbocycles. The molecule has 2 aromatic heterocycles. The number of nitrogens with zero attached hydrogens (tertiary/aromatic N) is 5. The average molecular weight is 709 g/mol. The molecule has 3 aromatic rings. The summed E-state index contributed by atoms with van der Waals surface area (Å²) in [6, 6.07) is 7.38. The molecule has 2 aliphatic heterocycles. The fraction of sp³-hybridized carbons (Fsp3) is 0.667. The number of carbonyl (C=O) groups is 3. The number of ether oxygens (including phenoxy) is 3. The summed E-state index contributed by atoms with van der Waals surface area (Å²) in [5.74, 6) is -2.11. The minimum absolute atomic E-state index is 0.132. The maximum absolute atomic E-state index is 13.6. The van der Waals surface area contributed by atoms with Gasteiger partial charge in [-0.1, -0.05) is 38.1 Å². The second kappa shape index (κ2) is 15.5. The van der Waals surface area contributed by atoms with E-state index in [9.17, 15) is 14.4 Å². The highest BCUT2D eigenvalue weighted by atomic mass is 32.1. The number of ketones is 1. The molecule has 50 heavy (non-hydrogen) atoms. The number of unbranched alkanes of at least 4 members (excludes halogenated alkanes) is 1. The van der Waals surface area contributed by atoms with Gasteiger partial charge in [0.2, 0.25) is 0 Å². The first kappa shape index (κ1) is 37.9. The zero-order valence-corrected chi connectivity index (χ0v) is 31.8. The van der Waals surface area contributed by atoms with Crippen LogP contribution in [-0.2, 0) is 30.3 Å². The van der Waals surface area contributed by atoms with Gasteiger partial charge in [-0.05, 0) is 83.8 Å². The summed E-state index contributed by atoms with van der Waals surface area (Å²) in [6.07, 6.45) is 3.31. The van der Waals surface area contributed by atoms with Gasteiger partial charge in [0.15, 0.2) is 5.60 Å². The second-order valence-electron chi connectivity index (χ2n) is 14.8. The van der Waals surface area contributed by atoms with Crippen LogP contribution in [0.3, 0.4) is 0 Å². The summed E-state index contributed by atoms with van der Waals surface area (Å²) < 4.78 is 21.2. The molecule has 0 bridgehead atoms. The Labute approximate surface area is 300 Å². The van der Waals surface area contributed by atoms with Gasteiger partial charge >= 0.3 is 12.1 Å². The predicted molar refractivity (Wildman–Crippen MR) is 196 cm³/mol. The molecule has 1 N–H and O–H groups in total. The molecule has 2 fully saturated rings. The summed E-state index contributed by atoms with van der Waals surface area (Å²) in [5.41, 5.74) is -0.0428. The minimum atomic E-state index is -1.14. The number of benzene rings is 1. The van der Waals surface area contributed by atoms with Crippen molar-refractivity contribution in [3.63, 3.8) is 0 Å². The summed E-state index contributed by atoms with van der Waals surface area (Å²) in [4.78, 5) is 47.3. The van der Waals surface area contributed by atoms with E-state index in [2.05, 4.69) is 29.5 Å². The zero-order chi connectivity index (χ0) is 36.4. The third kappa shape index (κ3) is 7.62. The van der Waals surface area contributed by atoms with Crippen molar-refractivity contribution in [2.24, 2.45) is 17.8 Å². The van der Waals surface area contributed by atoms with Crippen LogP contribution in [0.5, 0.6) is 0 Å². The molecule has 14 heteroatoms. The van der Waals surface area contributed by atoms with E-state index < -0.39 is 47.2 Å². The van der Waals surface area contributed by atoms with Crippen LogP contribution in [0.15, 0.2) is 30.5 Å². The number of thiazole rings is 1. The number of methoxy groups -OCH3 is 1. The molecule has 2 aliphatic rings. The van der Waals surface area contributed by atoms with E-state index in [-0.39, 0.29) is 23.6 Å². The minimum Gasteiger partial charge on any atom is -0.458 e. The van der Waals surface area contributed by atoms with Crippen molar-refractivity contribution < 1.29 is 28.6 Å². The lowest BCUT2D eigenvalue weighted by Crippen LogP contribution is -2.61. The first-order valence-electron chi connectivity index (χ1n) is 18.0. The van der Waals surface area contributed by atoms with Crippen LogP contribution in [0, 0.1) is 17.8 Å². The topological polar surface area (TPSA) is 138 Å². The summed E-state index contributed by atoms with van der Waals surface area (Å²) in [6.45, 7) is 15.3. The highest BCUT2D eigenvalue weighted by Crippen LogP contribution is 2.41. The van der Waals surface area contributed by atoms with E-state index in [1.54, 1.807) is 30.3 Å². The van der Waals surface area contributed by atoms with E-state index in [0.29, 0.717) is 38.9 Å². The van der Waals surface area contributed by atoms with E-state index in [1.807, 2.05) is 70.7 Å². The maximum atomic E-state index is 13.6.